The number of aryl methyl sites for hydroxylation is 1. The SMILES string of the molecule is CCC(CNC)n1nc(C)c(Br)c1C. The van der Waals surface area contributed by atoms with Crippen molar-refractivity contribution in [2.24, 2.45) is 0 Å². The van der Waals surface area contributed by atoms with Gasteiger partial charge in [-0.3, -0.25) is 4.68 Å². The lowest BCUT2D eigenvalue weighted by Gasteiger charge is -2.16. The zero-order valence-electron chi connectivity index (χ0n) is 9.26. The van der Waals surface area contributed by atoms with Gasteiger partial charge in [-0.05, 0) is 43.2 Å². The maximum absolute atomic E-state index is 4.53. The first-order valence-corrected chi connectivity index (χ1v) is 5.76. The minimum atomic E-state index is 0.449. The second-order valence-electron chi connectivity index (χ2n) is 3.55. The van der Waals surface area contributed by atoms with Crippen LogP contribution in [0.1, 0.15) is 30.8 Å². The molecule has 0 amide bonds. The van der Waals surface area contributed by atoms with Gasteiger partial charge in [0.1, 0.15) is 0 Å². The average Bonchev–Trinajstić information content (AvgIpc) is 2.42. The quantitative estimate of drug-likeness (QED) is 0.901. The van der Waals surface area contributed by atoms with Gasteiger partial charge in [0.15, 0.2) is 0 Å². The van der Waals surface area contributed by atoms with E-state index in [2.05, 4.69) is 44.9 Å². The van der Waals surface area contributed by atoms with E-state index in [1.54, 1.807) is 0 Å². The highest BCUT2D eigenvalue weighted by molar-refractivity contribution is 9.10. The standard InChI is InChI=1S/C10H18BrN3/c1-5-9(6-12-4)14-8(3)10(11)7(2)13-14/h9,12H,5-6H2,1-4H3. The van der Waals surface area contributed by atoms with Crippen LogP contribution >= 0.6 is 15.9 Å². The smallest absolute Gasteiger partial charge is 0.0738 e. The van der Waals surface area contributed by atoms with Crippen LogP contribution < -0.4 is 5.32 Å². The molecule has 14 heavy (non-hydrogen) atoms. The van der Waals surface area contributed by atoms with Crippen molar-refractivity contribution in [2.75, 3.05) is 13.6 Å². The van der Waals surface area contributed by atoms with Crippen LogP contribution in [0.25, 0.3) is 0 Å². The van der Waals surface area contributed by atoms with E-state index in [0.29, 0.717) is 6.04 Å². The number of aromatic nitrogens is 2. The van der Waals surface area contributed by atoms with Gasteiger partial charge in [0.05, 0.1) is 21.9 Å². The zero-order valence-corrected chi connectivity index (χ0v) is 10.8. The van der Waals surface area contributed by atoms with Gasteiger partial charge in [0.2, 0.25) is 0 Å². The Balaban J connectivity index is 2.98. The highest BCUT2D eigenvalue weighted by Crippen LogP contribution is 2.23. The van der Waals surface area contributed by atoms with Crippen LogP contribution in [-0.2, 0) is 0 Å². The first-order valence-electron chi connectivity index (χ1n) is 4.97. The Morgan fingerprint density at radius 3 is 2.50 bits per heavy atom. The van der Waals surface area contributed by atoms with E-state index in [1.165, 1.54) is 5.69 Å². The first-order chi connectivity index (χ1) is 6.61. The summed E-state index contributed by atoms with van der Waals surface area (Å²) in [5, 5.41) is 7.73. The summed E-state index contributed by atoms with van der Waals surface area (Å²) in [6.45, 7) is 7.28. The molecule has 0 bridgehead atoms. The van der Waals surface area contributed by atoms with Crippen molar-refractivity contribution < 1.29 is 0 Å². The van der Waals surface area contributed by atoms with Gasteiger partial charge in [0.25, 0.3) is 0 Å². The Kier molecular flexibility index (Phi) is 4.13. The molecule has 1 heterocycles. The van der Waals surface area contributed by atoms with Crippen LogP contribution in [-0.4, -0.2) is 23.4 Å². The third kappa shape index (κ3) is 2.17. The van der Waals surface area contributed by atoms with Gasteiger partial charge in [-0.25, -0.2) is 0 Å². The fourth-order valence-corrected chi connectivity index (χ4v) is 1.90. The lowest BCUT2D eigenvalue weighted by molar-refractivity contribution is 0.415. The highest BCUT2D eigenvalue weighted by atomic mass is 79.9. The number of nitrogens with one attached hydrogen (secondary N) is 1. The molecule has 0 aliphatic carbocycles. The molecule has 0 fully saturated rings. The van der Waals surface area contributed by atoms with E-state index >= 15 is 0 Å². The van der Waals surface area contributed by atoms with E-state index in [-0.39, 0.29) is 0 Å². The molecule has 1 aromatic heterocycles. The predicted octanol–water partition coefficient (Wildman–Crippen LogP) is 2.43. The summed E-state index contributed by atoms with van der Waals surface area (Å²) >= 11 is 3.54. The molecule has 1 rings (SSSR count). The van der Waals surface area contributed by atoms with Crippen LogP contribution in [0.4, 0.5) is 0 Å². The minimum Gasteiger partial charge on any atom is -0.318 e. The molecular weight excluding hydrogens is 242 g/mol. The molecule has 4 heteroatoms. The fraction of sp³-hybridized carbons (Fsp3) is 0.700. The van der Waals surface area contributed by atoms with Gasteiger partial charge in [-0.2, -0.15) is 5.10 Å². The second-order valence-corrected chi connectivity index (χ2v) is 4.34. The summed E-state index contributed by atoms with van der Waals surface area (Å²) in [5.41, 5.74) is 2.28. The maximum atomic E-state index is 4.53. The maximum Gasteiger partial charge on any atom is 0.0738 e. The van der Waals surface area contributed by atoms with Crippen molar-refractivity contribution in [1.82, 2.24) is 15.1 Å². The molecule has 1 atom stereocenters. The van der Waals surface area contributed by atoms with Crippen molar-refractivity contribution in [3.8, 4) is 0 Å². The number of hydrogen-bond acceptors (Lipinski definition) is 2. The number of nitrogens with zero attached hydrogens (tertiary/aromatic N) is 2. The van der Waals surface area contributed by atoms with Gasteiger partial charge in [0, 0.05) is 6.54 Å². The molecule has 0 aliphatic rings. The zero-order chi connectivity index (χ0) is 10.7. The predicted molar refractivity (Wildman–Crippen MR) is 62.7 cm³/mol. The normalized spacial score (nSPS) is 13.2. The average molecular weight is 260 g/mol. The Morgan fingerprint density at radius 2 is 2.14 bits per heavy atom. The minimum absolute atomic E-state index is 0.449. The molecule has 1 unspecified atom stereocenters. The van der Waals surface area contributed by atoms with Crippen molar-refractivity contribution in [1.29, 1.82) is 0 Å². The largest absolute Gasteiger partial charge is 0.318 e. The van der Waals surface area contributed by atoms with E-state index in [4.69, 9.17) is 0 Å². The topological polar surface area (TPSA) is 29.9 Å². The molecule has 80 valence electrons. The van der Waals surface area contributed by atoms with Gasteiger partial charge in [-0.15, -0.1) is 0 Å². The van der Waals surface area contributed by atoms with Crippen LogP contribution in [0.2, 0.25) is 0 Å². The summed E-state index contributed by atoms with van der Waals surface area (Å²) in [6, 6.07) is 0.449. The lowest BCUT2D eigenvalue weighted by atomic mass is 10.2. The van der Waals surface area contributed by atoms with Crippen molar-refractivity contribution in [3.63, 3.8) is 0 Å². The van der Waals surface area contributed by atoms with Crippen LogP contribution in [0.15, 0.2) is 4.47 Å². The second kappa shape index (κ2) is 4.94. The summed E-state index contributed by atoms with van der Waals surface area (Å²) in [6.07, 6.45) is 1.09. The van der Waals surface area contributed by atoms with Crippen LogP contribution in [0.3, 0.4) is 0 Å². The molecule has 0 spiro atoms. The van der Waals surface area contributed by atoms with Crippen molar-refractivity contribution >= 4 is 15.9 Å². The summed E-state index contributed by atoms with van der Waals surface area (Å²) < 4.78 is 3.24. The first kappa shape index (κ1) is 11.7. The van der Waals surface area contributed by atoms with E-state index in [9.17, 15) is 0 Å². The molecule has 1 N–H and O–H groups in total. The van der Waals surface area contributed by atoms with E-state index in [0.717, 1.165) is 23.1 Å². The third-order valence-electron chi connectivity index (χ3n) is 2.49. The summed E-state index contributed by atoms with van der Waals surface area (Å²) in [4.78, 5) is 0. The van der Waals surface area contributed by atoms with Gasteiger partial charge < -0.3 is 5.32 Å². The Morgan fingerprint density at radius 1 is 1.50 bits per heavy atom. The van der Waals surface area contributed by atoms with Crippen molar-refractivity contribution in [3.05, 3.63) is 15.9 Å². The molecular formula is C10H18BrN3. The fourth-order valence-electron chi connectivity index (χ4n) is 1.64. The number of likely N-dealkylation sites (N-methyl/N-ethyl adjacent to an activating group) is 1. The van der Waals surface area contributed by atoms with E-state index in [1.807, 2.05) is 14.0 Å². The lowest BCUT2D eigenvalue weighted by Crippen LogP contribution is -2.23. The van der Waals surface area contributed by atoms with Gasteiger partial charge >= 0.3 is 0 Å². The Hall–Kier alpha value is -0.350. The molecule has 0 saturated heterocycles. The molecule has 0 aliphatic heterocycles. The van der Waals surface area contributed by atoms with Crippen LogP contribution in [0.5, 0.6) is 0 Å². The monoisotopic (exact) mass is 259 g/mol. The number of rotatable bonds is 4. The molecule has 0 aromatic carbocycles. The number of halogens is 1. The number of hydrogen-bond donors (Lipinski definition) is 1. The third-order valence-corrected chi connectivity index (χ3v) is 3.64. The summed E-state index contributed by atoms with van der Waals surface area (Å²) in [5.74, 6) is 0. The molecule has 3 nitrogen and oxygen atoms in total. The van der Waals surface area contributed by atoms with Crippen LogP contribution in [0, 0.1) is 13.8 Å². The van der Waals surface area contributed by atoms with Gasteiger partial charge in [-0.1, -0.05) is 6.92 Å². The Bertz CT molecular complexity index is 307. The summed E-state index contributed by atoms with van der Waals surface area (Å²) in [7, 11) is 1.98. The molecule has 0 saturated carbocycles. The highest BCUT2D eigenvalue weighted by Gasteiger charge is 2.15. The molecule has 1 aromatic rings. The van der Waals surface area contributed by atoms with Crippen molar-refractivity contribution in [2.45, 2.75) is 33.2 Å². The molecule has 0 radical (unpaired) electrons. The van der Waals surface area contributed by atoms with E-state index < -0.39 is 0 Å². The Labute approximate surface area is 94.0 Å².